The molecule has 0 aromatic heterocycles. The number of carbonyl (C=O) groups excluding carboxylic acids is 1. The van der Waals surface area contributed by atoms with Crippen molar-refractivity contribution in [1.29, 1.82) is 0 Å². The van der Waals surface area contributed by atoms with E-state index in [0.717, 1.165) is 22.4 Å². The van der Waals surface area contributed by atoms with Crippen molar-refractivity contribution in [3.63, 3.8) is 0 Å². The maximum Gasteiger partial charge on any atom is 0.327 e. The summed E-state index contributed by atoms with van der Waals surface area (Å²) < 4.78 is 4.68. The van der Waals surface area contributed by atoms with Crippen molar-refractivity contribution < 1.29 is 9.53 Å². The first-order chi connectivity index (χ1) is 10.1. The fourth-order valence-corrected chi connectivity index (χ4v) is 2.09. The third-order valence-corrected chi connectivity index (χ3v) is 3.32. The van der Waals surface area contributed by atoms with Gasteiger partial charge in [0.2, 0.25) is 0 Å². The Balaban J connectivity index is 2.46. The van der Waals surface area contributed by atoms with Crippen LogP contribution in [-0.2, 0) is 9.53 Å². The number of benzene rings is 2. The molecule has 0 radical (unpaired) electrons. The molecule has 0 N–H and O–H groups in total. The number of esters is 1. The van der Waals surface area contributed by atoms with Crippen molar-refractivity contribution in [3.05, 3.63) is 70.8 Å². The molecular weight excluding hydrogens is 262 g/mol. The predicted octanol–water partition coefficient (Wildman–Crippen LogP) is 3.31. The minimum atomic E-state index is -0.340. The molecule has 0 aliphatic heterocycles. The van der Waals surface area contributed by atoms with Crippen LogP contribution in [0, 0.1) is 13.8 Å². The molecule has 2 aromatic carbocycles. The molecule has 0 amide bonds. The first-order valence-corrected chi connectivity index (χ1v) is 6.86. The van der Waals surface area contributed by atoms with Gasteiger partial charge in [-0.1, -0.05) is 54.1 Å². The molecule has 2 aromatic rings. The summed E-state index contributed by atoms with van der Waals surface area (Å²) in [6.45, 7) is 4.11. The van der Waals surface area contributed by atoms with Crippen molar-refractivity contribution in [3.8, 4) is 0 Å². The Morgan fingerprint density at radius 2 is 1.71 bits per heavy atom. The molecule has 0 spiro atoms. The quantitative estimate of drug-likeness (QED) is 0.637. The lowest BCUT2D eigenvalue weighted by atomic mass is 9.97. The molecule has 108 valence electrons. The largest absolute Gasteiger partial charge is 0.468 e. The summed E-state index contributed by atoms with van der Waals surface area (Å²) in [7, 11) is 1.37. The molecule has 0 aliphatic rings. The second-order valence-electron chi connectivity index (χ2n) is 4.92. The molecule has 0 fully saturated rings. The Morgan fingerprint density at radius 1 is 1.05 bits per heavy atom. The van der Waals surface area contributed by atoms with Crippen LogP contribution in [0.1, 0.15) is 22.3 Å². The highest BCUT2D eigenvalue weighted by Crippen LogP contribution is 2.16. The molecule has 0 saturated carbocycles. The average molecular weight is 281 g/mol. The highest BCUT2D eigenvalue weighted by molar-refractivity contribution is 6.14. The number of ether oxygens (including phenoxy) is 1. The van der Waals surface area contributed by atoms with Gasteiger partial charge in [-0.3, -0.25) is 9.79 Å². The van der Waals surface area contributed by atoms with E-state index in [1.807, 2.05) is 62.4 Å². The van der Waals surface area contributed by atoms with E-state index in [0.29, 0.717) is 0 Å². The lowest BCUT2D eigenvalue weighted by Crippen LogP contribution is -2.11. The fraction of sp³-hybridized carbons (Fsp3) is 0.222. The minimum Gasteiger partial charge on any atom is -0.468 e. The minimum absolute atomic E-state index is 0.0219. The first-order valence-electron chi connectivity index (χ1n) is 6.86. The second kappa shape index (κ2) is 6.84. The zero-order valence-corrected chi connectivity index (χ0v) is 12.6. The number of nitrogens with zero attached hydrogens (tertiary/aromatic N) is 1. The van der Waals surface area contributed by atoms with Crippen LogP contribution in [0.25, 0.3) is 0 Å². The normalized spacial score (nSPS) is 11.3. The van der Waals surface area contributed by atoms with Gasteiger partial charge in [0.1, 0.15) is 6.54 Å². The summed E-state index contributed by atoms with van der Waals surface area (Å²) in [5, 5.41) is 0. The Kier molecular flexibility index (Phi) is 4.88. The molecule has 2 rings (SSSR count). The summed E-state index contributed by atoms with van der Waals surface area (Å²) in [4.78, 5) is 15.9. The number of carbonyl (C=O) groups is 1. The van der Waals surface area contributed by atoms with E-state index < -0.39 is 0 Å². The van der Waals surface area contributed by atoms with Crippen LogP contribution in [0.15, 0.2) is 53.5 Å². The van der Waals surface area contributed by atoms with Gasteiger partial charge < -0.3 is 4.74 Å². The zero-order valence-electron chi connectivity index (χ0n) is 12.6. The van der Waals surface area contributed by atoms with E-state index >= 15 is 0 Å². The smallest absolute Gasteiger partial charge is 0.327 e. The third-order valence-electron chi connectivity index (χ3n) is 3.32. The molecule has 0 bridgehead atoms. The van der Waals surface area contributed by atoms with Crippen LogP contribution < -0.4 is 0 Å². The van der Waals surface area contributed by atoms with Crippen LogP contribution in [0.3, 0.4) is 0 Å². The number of aryl methyl sites for hydroxylation is 2. The maximum atomic E-state index is 11.4. The Bertz CT molecular complexity index is 657. The van der Waals surface area contributed by atoms with Crippen molar-refractivity contribution in [2.45, 2.75) is 13.8 Å². The summed E-state index contributed by atoms with van der Waals surface area (Å²) in [6.07, 6.45) is 0. The van der Waals surface area contributed by atoms with Gasteiger partial charge in [-0.25, -0.2) is 0 Å². The lowest BCUT2D eigenvalue weighted by Gasteiger charge is -2.10. The van der Waals surface area contributed by atoms with E-state index in [4.69, 9.17) is 0 Å². The number of hydrogen-bond acceptors (Lipinski definition) is 3. The highest BCUT2D eigenvalue weighted by Gasteiger charge is 2.10. The summed E-state index contributed by atoms with van der Waals surface area (Å²) in [5.41, 5.74) is 5.17. The Hall–Kier alpha value is -2.42. The Labute approximate surface area is 125 Å². The molecule has 0 heterocycles. The van der Waals surface area contributed by atoms with Crippen LogP contribution >= 0.6 is 0 Å². The van der Waals surface area contributed by atoms with Gasteiger partial charge in [0, 0.05) is 11.1 Å². The van der Waals surface area contributed by atoms with Gasteiger partial charge in [0.05, 0.1) is 12.8 Å². The fourth-order valence-electron chi connectivity index (χ4n) is 2.09. The molecule has 21 heavy (non-hydrogen) atoms. The standard InChI is InChI=1S/C18H19NO2/c1-13-8-10-15(11-9-13)18(19-12-17(20)21-3)16-7-5-4-6-14(16)2/h4-11H,12H2,1-3H3. The predicted molar refractivity (Wildman–Crippen MR) is 84.9 cm³/mol. The Morgan fingerprint density at radius 3 is 2.33 bits per heavy atom. The van der Waals surface area contributed by atoms with Gasteiger partial charge in [-0.15, -0.1) is 0 Å². The topological polar surface area (TPSA) is 38.7 Å². The van der Waals surface area contributed by atoms with E-state index in [-0.39, 0.29) is 12.5 Å². The van der Waals surface area contributed by atoms with Crippen LogP contribution in [0.4, 0.5) is 0 Å². The lowest BCUT2D eigenvalue weighted by molar-refractivity contribution is -0.138. The van der Waals surface area contributed by atoms with Crippen LogP contribution in [0.2, 0.25) is 0 Å². The van der Waals surface area contributed by atoms with Crippen molar-refractivity contribution >= 4 is 11.7 Å². The first kappa shape index (κ1) is 15.0. The van der Waals surface area contributed by atoms with Gasteiger partial charge in [0.15, 0.2) is 0 Å². The van der Waals surface area contributed by atoms with E-state index in [9.17, 15) is 4.79 Å². The van der Waals surface area contributed by atoms with E-state index in [1.54, 1.807) is 0 Å². The summed E-state index contributed by atoms with van der Waals surface area (Å²) >= 11 is 0. The van der Waals surface area contributed by atoms with Crippen LogP contribution in [-0.4, -0.2) is 25.3 Å². The van der Waals surface area contributed by atoms with Gasteiger partial charge in [-0.2, -0.15) is 0 Å². The molecule has 0 unspecified atom stereocenters. The number of rotatable bonds is 4. The monoisotopic (exact) mass is 281 g/mol. The number of aliphatic imine (C=N–C) groups is 1. The summed E-state index contributed by atoms with van der Waals surface area (Å²) in [5.74, 6) is -0.340. The second-order valence-corrected chi connectivity index (χ2v) is 4.92. The van der Waals surface area contributed by atoms with Gasteiger partial charge in [-0.05, 0) is 19.4 Å². The molecule has 0 aliphatic carbocycles. The third kappa shape index (κ3) is 3.78. The zero-order chi connectivity index (χ0) is 15.2. The van der Waals surface area contributed by atoms with Crippen LogP contribution in [0.5, 0.6) is 0 Å². The molecule has 3 nitrogen and oxygen atoms in total. The van der Waals surface area contributed by atoms with E-state index in [1.165, 1.54) is 12.7 Å². The van der Waals surface area contributed by atoms with Gasteiger partial charge in [0.25, 0.3) is 0 Å². The number of hydrogen-bond donors (Lipinski definition) is 0. The van der Waals surface area contributed by atoms with Gasteiger partial charge >= 0.3 is 5.97 Å². The van der Waals surface area contributed by atoms with Crippen molar-refractivity contribution in [2.75, 3.05) is 13.7 Å². The van der Waals surface area contributed by atoms with Crippen molar-refractivity contribution in [2.24, 2.45) is 4.99 Å². The molecular formula is C18H19NO2. The maximum absolute atomic E-state index is 11.4. The molecule has 0 saturated heterocycles. The highest BCUT2D eigenvalue weighted by atomic mass is 16.5. The van der Waals surface area contributed by atoms with Crippen molar-refractivity contribution in [1.82, 2.24) is 0 Å². The molecule has 0 atom stereocenters. The average Bonchev–Trinajstić information content (AvgIpc) is 2.50. The van der Waals surface area contributed by atoms with E-state index in [2.05, 4.69) is 9.73 Å². The molecule has 3 heteroatoms. The summed E-state index contributed by atoms with van der Waals surface area (Å²) in [6, 6.07) is 16.2. The SMILES string of the molecule is COC(=O)CN=C(c1ccc(C)cc1)c1ccccc1C. The number of methoxy groups -OCH3 is 1.